The van der Waals surface area contributed by atoms with Crippen molar-refractivity contribution in [3.05, 3.63) is 94.5 Å². The maximum Gasteiger partial charge on any atom is 0.264 e. The van der Waals surface area contributed by atoms with Crippen LogP contribution in [0.3, 0.4) is 0 Å². The number of nitrogens with one attached hydrogen (secondary N) is 1. The molecule has 0 atom stereocenters. The number of halogens is 1. The van der Waals surface area contributed by atoms with Crippen molar-refractivity contribution < 1.29 is 13.2 Å². The highest BCUT2D eigenvalue weighted by Crippen LogP contribution is 2.23. The molecule has 3 aromatic carbocycles. The summed E-state index contributed by atoms with van der Waals surface area (Å²) >= 11 is 7.61. The maximum atomic E-state index is 12.8. The second-order valence-electron chi connectivity index (χ2n) is 7.21. The lowest BCUT2D eigenvalue weighted by Gasteiger charge is -2.19. The average Bonchev–Trinajstić information content (AvgIpc) is 2.79. The lowest BCUT2D eigenvalue weighted by atomic mass is 10.1. The standard InChI is InChI=1S/C24H25ClN2O3S2/c1-18-5-3-4-6-20(18)17-31-16-15-26-24(28)19-7-11-22(12-8-19)27(2)32(29,30)23-13-9-21(25)10-14-23/h3-14H,15-17H2,1-2H3,(H,26,28). The van der Waals surface area contributed by atoms with Gasteiger partial charge in [0.05, 0.1) is 10.6 Å². The van der Waals surface area contributed by atoms with E-state index >= 15 is 0 Å². The van der Waals surface area contributed by atoms with E-state index in [9.17, 15) is 13.2 Å². The monoisotopic (exact) mass is 488 g/mol. The van der Waals surface area contributed by atoms with Gasteiger partial charge in [0, 0.05) is 35.7 Å². The Labute approximate surface area is 198 Å². The average molecular weight is 489 g/mol. The summed E-state index contributed by atoms with van der Waals surface area (Å²) in [6.45, 7) is 2.65. The highest BCUT2D eigenvalue weighted by molar-refractivity contribution is 7.98. The van der Waals surface area contributed by atoms with E-state index < -0.39 is 10.0 Å². The molecule has 32 heavy (non-hydrogen) atoms. The zero-order chi connectivity index (χ0) is 23.1. The largest absolute Gasteiger partial charge is 0.351 e. The first-order chi connectivity index (χ1) is 15.3. The number of aryl methyl sites for hydroxylation is 1. The third-order valence-electron chi connectivity index (χ3n) is 5.02. The Hall–Kier alpha value is -2.48. The zero-order valence-corrected chi connectivity index (χ0v) is 20.3. The van der Waals surface area contributed by atoms with Crippen LogP contribution in [0.5, 0.6) is 0 Å². The van der Waals surface area contributed by atoms with Gasteiger partial charge in [-0.25, -0.2) is 8.42 Å². The van der Waals surface area contributed by atoms with E-state index in [4.69, 9.17) is 11.6 Å². The lowest BCUT2D eigenvalue weighted by Crippen LogP contribution is -2.27. The quantitative estimate of drug-likeness (QED) is 0.424. The van der Waals surface area contributed by atoms with Crippen molar-refractivity contribution in [2.45, 2.75) is 17.6 Å². The number of benzene rings is 3. The molecule has 1 N–H and O–H groups in total. The Kier molecular flexibility index (Phi) is 8.23. The van der Waals surface area contributed by atoms with Gasteiger partial charge in [-0.2, -0.15) is 11.8 Å². The smallest absolute Gasteiger partial charge is 0.264 e. The van der Waals surface area contributed by atoms with Gasteiger partial charge in [-0.15, -0.1) is 0 Å². The summed E-state index contributed by atoms with van der Waals surface area (Å²) in [6.07, 6.45) is 0. The first-order valence-electron chi connectivity index (χ1n) is 10.0. The van der Waals surface area contributed by atoms with Gasteiger partial charge >= 0.3 is 0 Å². The van der Waals surface area contributed by atoms with E-state index in [1.165, 1.54) is 46.7 Å². The molecule has 3 rings (SSSR count). The second kappa shape index (κ2) is 10.9. The van der Waals surface area contributed by atoms with E-state index in [-0.39, 0.29) is 10.8 Å². The number of carbonyl (C=O) groups excluding carboxylic acids is 1. The van der Waals surface area contributed by atoms with E-state index in [0.29, 0.717) is 22.8 Å². The number of hydrogen-bond acceptors (Lipinski definition) is 4. The number of hydrogen-bond donors (Lipinski definition) is 1. The minimum absolute atomic E-state index is 0.148. The molecule has 168 valence electrons. The molecule has 0 fully saturated rings. The summed E-state index contributed by atoms with van der Waals surface area (Å²) < 4.78 is 26.8. The topological polar surface area (TPSA) is 66.5 Å². The van der Waals surface area contributed by atoms with Crippen LogP contribution in [0.2, 0.25) is 5.02 Å². The predicted octanol–water partition coefficient (Wildman–Crippen LogP) is 5.14. The number of nitrogens with zero attached hydrogens (tertiary/aromatic N) is 1. The van der Waals surface area contributed by atoms with Crippen LogP contribution in [-0.4, -0.2) is 33.7 Å². The molecule has 0 aliphatic heterocycles. The van der Waals surface area contributed by atoms with Gasteiger partial charge in [-0.05, 0) is 66.6 Å². The van der Waals surface area contributed by atoms with Gasteiger partial charge in [0.1, 0.15) is 0 Å². The fraction of sp³-hybridized carbons (Fsp3) is 0.208. The molecular formula is C24H25ClN2O3S2. The molecule has 0 saturated heterocycles. The molecule has 0 aliphatic rings. The van der Waals surface area contributed by atoms with E-state index in [1.54, 1.807) is 36.0 Å². The second-order valence-corrected chi connectivity index (χ2v) is 10.7. The Morgan fingerprint density at radius 2 is 1.66 bits per heavy atom. The molecular weight excluding hydrogens is 464 g/mol. The fourth-order valence-corrected chi connectivity index (χ4v) is 5.28. The van der Waals surface area contributed by atoms with Gasteiger partial charge < -0.3 is 5.32 Å². The van der Waals surface area contributed by atoms with Crippen LogP contribution in [0, 0.1) is 6.92 Å². The fourth-order valence-electron chi connectivity index (χ4n) is 3.02. The Balaban J connectivity index is 1.52. The lowest BCUT2D eigenvalue weighted by molar-refractivity contribution is 0.0956. The summed E-state index contributed by atoms with van der Waals surface area (Å²) in [6, 6.07) is 20.8. The summed E-state index contributed by atoms with van der Waals surface area (Å²) in [4.78, 5) is 12.5. The Morgan fingerprint density at radius 3 is 2.31 bits per heavy atom. The Morgan fingerprint density at radius 1 is 1.00 bits per heavy atom. The first-order valence-corrected chi connectivity index (χ1v) is 13.0. The van der Waals surface area contributed by atoms with Crippen molar-refractivity contribution in [3.8, 4) is 0 Å². The third kappa shape index (κ3) is 6.06. The number of amides is 1. The van der Waals surface area contributed by atoms with Crippen LogP contribution >= 0.6 is 23.4 Å². The van der Waals surface area contributed by atoms with Crippen molar-refractivity contribution in [2.75, 3.05) is 23.7 Å². The minimum Gasteiger partial charge on any atom is -0.351 e. The normalized spacial score (nSPS) is 11.2. The number of sulfonamides is 1. The van der Waals surface area contributed by atoms with Crippen LogP contribution in [0.25, 0.3) is 0 Å². The van der Waals surface area contributed by atoms with Gasteiger partial charge in [0.15, 0.2) is 0 Å². The molecule has 0 unspecified atom stereocenters. The van der Waals surface area contributed by atoms with Crippen molar-refractivity contribution in [3.63, 3.8) is 0 Å². The summed E-state index contributed by atoms with van der Waals surface area (Å²) in [5.41, 5.74) is 3.52. The van der Waals surface area contributed by atoms with Gasteiger partial charge in [0.2, 0.25) is 0 Å². The summed E-state index contributed by atoms with van der Waals surface area (Å²) in [7, 11) is -2.24. The molecule has 0 spiro atoms. The SMILES string of the molecule is Cc1ccccc1CSCCNC(=O)c1ccc(N(C)S(=O)(=O)c2ccc(Cl)cc2)cc1. The number of carbonyl (C=O) groups is 1. The van der Waals surface area contributed by atoms with E-state index in [0.717, 1.165) is 11.5 Å². The third-order valence-corrected chi connectivity index (χ3v) is 8.08. The minimum atomic E-state index is -3.72. The van der Waals surface area contributed by atoms with Crippen LogP contribution < -0.4 is 9.62 Å². The highest BCUT2D eigenvalue weighted by atomic mass is 35.5. The van der Waals surface area contributed by atoms with Crippen molar-refractivity contribution in [1.29, 1.82) is 0 Å². The number of rotatable bonds is 9. The zero-order valence-electron chi connectivity index (χ0n) is 17.9. The Bertz CT molecular complexity index is 1160. The van der Waals surface area contributed by atoms with Crippen molar-refractivity contribution in [1.82, 2.24) is 5.32 Å². The van der Waals surface area contributed by atoms with E-state index in [2.05, 4.69) is 24.4 Å². The van der Waals surface area contributed by atoms with Crippen molar-refractivity contribution >= 4 is 45.0 Å². The summed E-state index contributed by atoms with van der Waals surface area (Å²) in [5, 5.41) is 3.37. The number of thioether (sulfide) groups is 1. The molecule has 0 aliphatic carbocycles. The highest BCUT2D eigenvalue weighted by Gasteiger charge is 2.21. The van der Waals surface area contributed by atoms with Gasteiger partial charge in [-0.3, -0.25) is 9.10 Å². The summed E-state index contributed by atoms with van der Waals surface area (Å²) in [5.74, 6) is 1.53. The molecule has 8 heteroatoms. The van der Waals surface area contributed by atoms with E-state index in [1.807, 2.05) is 12.1 Å². The van der Waals surface area contributed by atoms with Crippen LogP contribution in [0.1, 0.15) is 21.5 Å². The molecule has 0 radical (unpaired) electrons. The molecule has 0 bridgehead atoms. The number of anilines is 1. The van der Waals surface area contributed by atoms with Crippen molar-refractivity contribution in [2.24, 2.45) is 0 Å². The van der Waals surface area contributed by atoms with Crippen LogP contribution in [0.4, 0.5) is 5.69 Å². The predicted molar refractivity (Wildman–Crippen MR) is 133 cm³/mol. The van der Waals surface area contributed by atoms with Gasteiger partial charge in [0.25, 0.3) is 15.9 Å². The first kappa shape index (κ1) is 24.2. The molecule has 0 aromatic heterocycles. The molecule has 0 saturated carbocycles. The van der Waals surface area contributed by atoms with Crippen LogP contribution in [0.15, 0.2) is 77.7 Å². The molecule has 3 aromatic rings. The van der Waals surface area contributed by atoms with Gasteiger partial charge in [-0.1, -0.05) is 35.9 Å². The molecule has 0 heterocycles. The molecule has 1 amide bonds. The maximum absolute atomic E-state index is 12.8. The van der Waals surface area contributed by atoms with Crippen LogP contribution in [-0.2, 0) is 15.8 Å². The molecule has 5 nitrogen and oxygen atoms in total.